The second-order valence-electron chi connectivity index (χ2n) is 9.52. The van der Waals surface area contributed by atoms with Crippen molar-refractivity contribution >= 4 is 15.9 Å². The molecule has 4 bridgehead atoms. The van der Waals surface area contributed by atoms with Crippen LogP contribution >= 0.6 is 0 Å². The molecule has 1 saturated heterocycles. The monoisotopic (exact) mass is 406 g/mol. The maximum atomic E-state index is 12.9. The fourth-order valence-corrected chi connectivity index (χ4v) is 7.89. The smallest absolute Gasteiger partial charge is 0.262 e. The molecule has 4 saturated carbocycles. The molecule has 1 amide bonds. The largest absolute Gasteiger partial charge is 0.353 e. The van der Waals surface area contributed by atoms with Crippen LogP contribution in [-0.2, 0) is 21.9 Å². The van der Waals surface area contributed by atoms with Crippen LogP contribution in [-0.4, -0.2) is 47.3 Å². The zero-order valence-electron chi connectivity index (χ0n) is 16.5. The van der Waals surface area contributed by atoms with Crippen LogP contribution in [0.4, 0.5) is 0 Å². The average Bonchev–Trinajstić information content (AvgIpc) is 3.11. The van der Waals surface area contributed by atoms with Crippen molar-refractivity contribution in [2.24, 2.45) is 36.6 Å². The molecule has 154 valence electrons. The minimum absolute atomic E-state index is 0.0765. The first-order chi connectivity index (χ1) is 13.4. The quantitative estimate of drug-likeness (QED) is 0.826. The highest BCUT2D eigenvalue weighted by Crippen LogP contribution is 2.53. The van der Waals surface area contributed by atoms with E-state index in [2.05, 4.69) is 10.3 Å². The third kappa shape index (κ3) is 3.18. The Kier molecular flexibility index (Phi) is 4.54. The lowest BCUT2D eigenvalue weighted by molar-refractivity contribution is -0.130. The summed E-state index contributed by atoms with van der Waals surface area (Å²) < 4.78 is 28.5. The van der Waals surface area contributed by atoms with Gasteiger partial charge in [-0.2, -0.15) is 4.31 Å². The van der Waals surface area contributed by atoms with E-state index in [0.717, 1.165) is 11.8 Å². The van der Waals surface area contributed by atoms with E-state index < -0.39 is 10.0 Å². The molecule has 28 heavy (non-hydrogen) atoms. The molecule has 5 fully saturated rings. The van der Waals surface area contributed by atoms with Crippen LogP contribution in [0.3, 0.4) is 0 Å². The maximum Gasteiger partial charge on any atom is 0.262 e. The zero-order chi connectivity index (χ0) is 19.5. The number of rotatable bonds is 4. The second kappa shape index (κ2) is 6.83. The Morgan fingerprint density at radius 2 is 1.68 bits per heavy atom. The zero-order valence-corrected chi connectivity index (χ0v) is 17.3. The lowest BCUT2D eigenvalue weighted by Crippen LogP contribution is -2.57. The number of sulfonamides is 1. The fourth-order valence-electron chi connectivity index (χ4n) is 6.46. The SMILES string of the molecule is Cn1cnc(S(=O)(=O)N2CCC(C(=O)NC3C4CC5CC(C4)CC3C5)CC2)c1. The Balaban J connectivity index is 1.19. The van der Waals surface area contributed by atoms with E-state index in [0.29, 0.717) is 43.8 Å². The molecule has 1 aliphatic heterocycles. The van der Waals surface area contributed by atoms with Crippen LogP contribution in [0.25, 0.3) is 0 Å². The molecule has 4 aliphatic carbocycles. The molecule has 0 atom stereocenters. The number of carbonyl (C=O) groups is 1. The van der Waals surface area contributed by atoms with Crippen molar-refractivity contribution in [2.75, 3.05) is 13.1 Å². The summed E-state index contributed by atoms with van der Waals surface area (Å²) in [7, 11) is -1.80. The summed E-state index contributed by atoms with van der Waals surface area (Å²) in [5, 5.41) is 3.49. The summed E-state index contributed by atoms with van der Waals surface area (Å²) in [6.45, 7) is 0.775. The van der Waals surface area contributed by atoms with Crippen molar-refractivity contribution in [2.45, 2.75) is 56.0 Å². The van der Waals surface area contributed by atoms with E-state index in [1.807, 2.05) is 0 Å². The highest BCUT2D eigenvalue weighted by atomic mass is 32.2. The number of carbonyl (C=O) groups excluding carboxylic acids is 1. The van der Waals surface area contributed by atoms with Crippen LogP contribution in [0, 0.1) is 29.6 Å². The molecule has 7 nitrogen and oxygen atoms in total. The number of imidazole rings is 1. The molecule has 0 radical (unpaired) electrons. The summed E-state index contributed by atoms with van der Waals surface area (Å²) in [5.74, 6) is 3.21. The molecule has 0 aromatic carbocycles. The molecule has 1 aromatic rings. The first-order valence-electron chi connectivity index (χ1n) is 10.7. The van der Waals surface area contributed by atoms with Crippen LogP contribution in [0.15, 0.2) is 17.6 Å². The molecule has 0 unspecified atom stereocenters. The van der Waals surface area contributed by atoms with E-state index in [9.17, 15) is 13.2 Å². The Hall–Kier alpha value is -1.41. The van der Waals surface area contributed by atoms with Gasteiger partial charge in [-0.1, -0.05) is 0 Å². The molecule has 1 N–H and O–H groups in total. The number of amides is 1. The Morgan fingerprint density at radius 1 is 1.07 bits per heavy atom. The van der Waals surface area contributed by atoms with Crippen molar-refractivity contribution in [1.82, 2.24) is 19.2 Å². The minimum atomic E-state index is -3.56. The highest BCUT2D eigenvalue weighted by molar-refractivity contribution is 7.89. The van der Waals surface area contributed by atoms with Gasteiger partial charge in [0.15, 0.2) is 5.03 Å². The number of nitrogens with zero attached hydrogens (tertiary/aromatic N) is 3. The van der Waals surface area contributed by atoms with Gasteiger partial charge in [-0.3, -0.25) is 4.79 Å². The predicted octanol–water partition coefficient (Wildman–Crippen LogP) is 1.76. The molecule has 5 aliphatic rings. The van der Waals surface area contributed by atoms with E-state index in [4.69, 9.17) is 0 Å². The summed E-state index contributed by atoms with van der Waals surface area (Å²) in [5.41, 5.74) is 0. The number of hydrogen-bond acceptors (Lipinski definition) is 4. The number of piperidine rings is 1. The second-order valence-corrected chi connectivity index (χ2v) is 11.4. The van der Waals surface area contributed by atoms with Gasteiger partial charge in [-0.15, -0.1) is 0 Å². The van der Waals surface area contributed by atoms with Gasteiger partial charge in [-0.05, 0) is 68.6 Å². The molecule has 6 rings (SSSR count). The Labute approximate surface area is 166 Å². The molecule has 1 aromatic heterocycles. The van der Waals surface area contributed by atoms with Crippen molar-refractivity contribution in [3.63, 3.8) is 0 Å². The predicted molar refractivity (Wildman–Crippen MR) is 104 cm³/mol. The topological polar surface area (TPSA) is 84.3 Å². The molecule has 8 heteroatoms. The highest BCUT2D eigenvalue weighted by Gasteiger charge is 2.49. The first-order valence-corrected chi connectivity index (χ1v) is 12.1. The minimum Gasteiger partial charge on any atom is -0.353 e. The first kappa shape index (κ1) is 18.6. The van der Waals surface area contributed by atoms with Gasteiger partial charge >= 0.3 is 0 Å². The number of hydrogen-bond donors (Lipinski definition) is 1. The van der Waals surface area contributed by atoms with E-state index in [-0.39, 0.29) is 16.9 Å². The van der Waals surface area contributed by atoms with Gasteiger partial charge in [0.05, 0.1) is 6.33 Å². The molecule has 0 spiro atoms. The standard InChI is InChI=1S/C20H30N4O3S/c1-23-11-18(21-12-23)28(26,27)24-4-2-15(3-5-24)20(25)22-19-16-7-13-6-14(9-16)10-17(19)8-13/h11-17,19H,2-10H2,1H3,(H,22,25). The molecule has 2 heterocycles. The summed E-state index contributed by atoms with van der Waals surface area (Å²) in [6.07, 6.45) is 10.8. The van der Waals surface area contributed by atoms with Gasteiger partial charge in [0.25, 0.3) is 10.0 Å². The van der Waals surface area contributed by atoms with Crippen LogP contribution in [0.2, 0.25) is 0 Å². The van der Waals surface area contributed by atoms with E-state index in [1.165, 1.54) is 48.9 Å². The van der Waals surface area contributed by atoms with Crippen molar-refractivity contribution in [3.05, 3.63) is 12.5 Å². The molecular weight excluding hydrogens is 376 g/mol. The number of nitrogens with one attached hydrogen (secondary N) is 1. The van der Waals surface area contributed by atoms with Crippen LogP contribution in [0.1, 0.15) is 44.9 Å². The van der Waals surface area contributed by atoms with Crippen molar-refractivity contribution in [3.8, 4) is 0 Å². The summed E-state index contributed by atoms with van der Waals surface area (Å²) in [4.78, 5) is 16.9. The number of aromatic nitrogens is 2. The van der Waals surface area contributed by atoms with Gasteiger partial charge in [0, 0.05) is 38.3 Å². The van der Waals surface area contributed by atoms with E-state index in [1.54, 1.807) is 11.6 Å². The third-order valence-corrected chi connectivity index (χ3v) is 9.43. The maximum absolute atomic E-state index is 12.9. The van der Waals surface area contributed by atoms with Crippen LogP contribution in [0.5, 0.6) is 0 Å². The van der Waals surface area contributed by atoms with Gasteiger partial charge in [-0.25, -0.2) is 13.4 Å². The Morgan fingerprint density at radius 3 is 2.21 bits per heavy atom. The number of aryl methyl sites for hydroxylation is 1. The Bertz CT molecular complexity index is 829. The van der Waals surface area contributed by atoms with Gasteiger partial charge in [0.1, 0.15) is 0 Å². The van der Waals surface area contributed by atoms with Crippen molar-refractivity contribution in [1.29, 1.82) is 0 Å². The van der Waals surface area contributed by atoms with Crippen LogP contribution < -0.4 is 5.32 Å². The van der Waals surface area contributed by atoms with Gasteiger partial charge < -0.3 is 9.88 Å². The van der Waals surface area contributed by atoms with E-state index >= 15 is 0 Å². The van der Waals surface area contributed by atoms with Gasteiger partial charge in [0.2, 0.25) is 5.91 Å². The summed E-state index contributed by atoms with van der Waals surface area (Å²) >= 11 is 0. The normalized spacial score (nSPS) is 36.0. The van der Waals surface area contributed by atoms with Crippen molar-refractivity contribution < 1.29 is 13.2 Å². The molecular formula is C20H30N4O3S. The summed E-state index contributed by atoms with van der Waals surface area (Å²) in [6, 6.07) is 0.357. The fraction of sp³-hybridized carbons (Fsp3) is 0.800. The lowest BCUT2D eigenvalue weighted by Gasteiger charge is -2.54. The third-order valence-electron chi connectivity index (χ3n) is 7.65. The average molecular weight is 407 g/mol. The lowest BCUT2D eigenvalue weighted by atomic mass is 9.54.